The second-order valence-electron chi connectivity index (χ2n) is 2.20. The molecule has 1 aromatic rings. The largest absolute Gasteiger partial charge is 0.487 e. The normalized spacial score (nSPS) is 6.84. The molecule has 0 aliphatic heterocycles. The Labute approximate surface area is 123 Å². The third kappa shape index (κ3) is 38.7. The van der Waals surface area contributed by atoms with Gasteiger partial charge in [0.25, 0.3) is 16.8 Å². The Bertz CT molecular complexity index is 328. The number of hydrogen-bond donors (Lipinski definition) is 4. The Morgan fingerprint density at radius 2 is 1.42 bits per heavy atom. The number of carbonyl (C=O) groups excluding carboxylic acids is 1. The highest BCUT2D eigenvalue weighted by molar-refractivity contribution is 7.80. The summed E-state index contributed by atoms with van der Waals surface area (Å²) in [6, 6.07) is 8.90. The van der Waals surface area contributed by atoms with E-state index < -0.39 is 10.3 Å². The number of para-hydroxylation sites is 1. The van der Waals surface area contributed by atoms with Gasteiger partial charge in [-0.15, -0.1) is 0 Å². The number of aliphatic hydroxyl groups excluding tert-OH is 2. The third-order valence-electron chi connectivity index (χ3n) is 0.927. The van der Waals surface area contributed by atoms with Crippen LogP contribution >= 0.6 is 24.4 Å². The molecule has 0 unspecified atom stereocenters. The molecule has 0 spiro atoms. The second-order valence-corrected chi connectivity index (χ2v) is 3.04. The Hall–Kier alpha value is -1.93. The smallest absolute Gasteiger partial charge is 0.298 e. The van der Waals surface area contributed by atoms with Gasteiger partial charge in [0.1, 0.15) is 5.75 Å². The van der Waals surface area contributed by atoms with Crippen molar-refractivity contribution in [3.63, 3.8) is 0 Å². The van der Waals surface area contributed by atoms with Crippen LogP contribution in [-0.4, -0.2) is 27.0 Å². The maximum atomic E-state index is 9.75. The maximum Gasteiger partial charge on any atom is 0.298 e. The lowest BCUT2D eigenvalue weighted by Crippen LogP contribution is -2.03. The molecule has 6 N–H and O–H groups in total. The van der Waals surface area contributed by atoms with Crippen molar-refractivity contribution in [1.82, 2.24) is 0 Å². The van der Waals surface area contributed by atoms with E-state index in [4.69, 9.17) is 10.2 Å². The fraction of sp³-hybridized carbons (Fsp3) is 0.182. The summed E-state index contributed by atoms with van der Waals surface area (Å²) in [6.07, 6.45) is 0. The van der Waals surface area contributed by atoms with Crippen LogP contribution in [0.1, 0.15) is 13.8 Å². The second kappa shape index (κ2) is 18.4. The minimum Gasteiger partial charge on any atom is -0.487 e. The number of hydrogen-bond acceptors (Lipinski definition) is 4. The first-order valence-corrected chi connectivity index (χ1v) is 5.84. The maximum absolute atomic E-state index is 9.75. The van der Waals surface area contributed by atoms with Gasteiger partial charge in [0.05, 0.1) is 0 Å². The average molecular weight is 306 g/mol. The van der Waals surface area contributed by atoms with Gasteiger partial charge in [-0.1, -0.05) is 32.0 Å². The van der Waals surface area contributed by atoms with Crippen LogP contribution in [0.3, 0.4) is 0 Å². The molecule has 0 saturated carbocycles. The highest BCUT2D eigenvalue weighted by atomic mass is 32.1. The monoisotopic (exact) mass is 306 g/mol. The van der Waals surface area contributed by atoms with Gasteiger partial charge in [0.15, 0.2) is 0 Å². The molecule has 0 aliphatic rings. The van der Waals surface area contributed by atoms with Crippen molar-refractivity contribution in [2.24, 2.45) is 11.5 Å². The van der Waals surface area contributed by atoms with E-state index in [1.807, 2.05) is 19.9 Å². The van der Waals surface area contributed by atoms with Gasteiger partial charge in [0.2, 0.25) is 0 Å². The van der Waals surface area contributed by atoms with Crippen LogP contribution in [0, 0.1) is 0 Å². The first kappa shape index (κ1) is 22.3. The van der Waals surface area contributed by atoms with Crippen molar-refractivity contribution in [2.75, 3.05) is 0 Å². The highest BCUT2D eigenvalue weighted by Crippen LogP contribution is 2.05. The molecule has 0 aromatic heterocycles. The number of aliphatic hydroxyl groups is 2. The Kier molecular flexibility index (Phi) is 21.6. The SMILES string of the molecule is CC.NC(O)=S.NC(O)=S.O=COc1ccccc1. The first-order valence-electron chi connectivity index (χ1n) is 5.02. The summed E-state index contributed by atoms with van der Waals surface area (Å²) < 4.78 is 4.53. The molecule has 0 radical (unpaired) electrons. The predicted molar refractivity (Wildman–Crippen MR) is 83.3 cm³/mol. The highest BCUT2D eigenvalue weighted by Gasteiger charge is 1.84. The summed E-state index contributed by atoms with van der Waals surface area (Å²) in [5.41, 5.74) is 8.80. The van der Waals surface area contributed by atoms with Crippen LogP contribution < -0.4 is 16.2 Å². The zero-order valence-corrected chi connectivity index (χ0v) is 12.3. The summed E-state index contributed by atoms with van der Waals surface area (Å²) in [4.78, 5) is 9.75. The van der Waals surface area contributed by atoms with Crippen molar-refractivity contribution in [3.05, 3.63) is 30.3 Å². The van der Waals surface area contributed by atoms with Crippen LogP contribution in [-0.2, 0) is 4.79 Å². The molecule has 0 amide bonds. The molecular formula is C11H18N2O4S2. The topological polar surface area (TPSA) is 119 Å². The number of nitrogens with two attached hydrogens (primary N) is 2. The van der Waals surface area contributed by atoms with Crippen LogP contribution in [0.5, 0.6) is 5.75 Å². The summed E-state index contributed by atoms with van der Waals surface area (Å²) >= 11 is 7.74. The Morgan fingerprint density at radius 3 is 1.68 bits per heavy atom. The van der Waals surface area contributed by atoms with Gasteiger partial charge in [0, 0.05) is 0 Å². The van der Waals surface area contributed by atoms with Crippen molar-refractivity contribution in [3.8, 4) is 5.75 Å². The molecule has 8 heteroatoms. The quantitative estimate of drug-likeness (QED) is 0.482. The van der Waals surface area contributed by atoms with Crippen molar-refractivity contribution in [1.29, 1.82) is 0 Å². The molecule has 0 aliphatic carbocycles. The van der Waals surface area contributed by atoms with E-state index in [2.05, 4.69) is 40.6 Å². The molecule has 0 atom stereocenters. The summed E-state index contributed by atoms with van der Waals surface area (Å²) in [7, 11) is 0. The Morgan fingerprint density at radius 1 is 1.11 bits per heavy atom. The first-order chi connectivity index (χ1) is 8.90. The molecule has 0 saturated heterocycles. The summed E-state index contributed by atoms with van der Waals surface area (Å²) in [5, 5.41) is 14.1. The standard InChI is InChI=1S/C7H6O2.C2H6.2CH3NOS/c8-6-9-7-4-2-1-3-5-7;1-2;2*2-1(3)4/h1-6H;1-2H3;2*(H3,2,3,4). The van der Waals surface area contributed by atoms with Crippen molar-refractivity contribution in [2.45, 2.75) is 13.8 Å². The van der Waals surface area contributed by atoms with Crippen LogP contribution in [0.15, 0.2) is 30.3 Å². The van der Waals surface area contributed by atoms with E-state index in [9.17, 15) is 4.79 Å². The third-order valence-corrected chi connectivity index (χ3v) is 0.927. The fourth-order valence-electron chi connectivity index (χ4n) is 0.555. The van der Waals surface area contributed by atoms with Gasteiger partial charge < -0.3 is 26.4 Å². The van der Waals surface area contributed by atoms with E-state index in [-0.39, 0.29) is 0 Å². The fourth-order valence-corrected chi connectivity index (χ4v) is 0.555. The summed E-state index contributed by atoms with van der Waals surface area (Å²) in [5.74, 6) is 0.576. The lowest BCUT2D eigenvalue weighted by molar-refractivity contribution is -0.120. The minimum absolute atomic E-state index is 0.412. The number of thiocarbonyl (C=S) groups is 2. The zero-order chi connectivity index (χ0) is 15.7. The van der Waals surface area contributed by atoms with Crippen LogP contribution in [0.2, 0.25) is 0 Å². The van der Waals surface area contributed by atoms with Crippen LogP contribution in [0.4, 0.5) is 0 Å². The van der Waals surface area contributed by atoms with Gasteiger partial charge in [-0.3, -0.25) is 4.79 Å². The van der Waals surface area contributed by atoms with Crippen molar-refractivity contribution >= 4 is 41.3 Å². The van der Waals surface area contributed by atoms with Crippen LogP contribution in [0.25, 0.3) is 0 Å². The van der Waals surface area contributed by atoms with Gasteiger partial charge >= 0.3 is 0 Å². The van der Waals surface area contributed by atoms with Crippen molar-refractivity contribution < 1.29 is 19.7 Å². The Balaban J connectivity index is -0.000000217. The van der Waals surface area contributed by atoms with E-state index in [0.717, 1.165) is 0 Å². The van der Waals surface area contributed by atoms with E-state index in [1.54, 1.807) is 24.3 Å². The summed E-state index contributed by atoms with van der Waals surface area (Å²) in [6.45, 7) is 4.41. The van der Waals surface area contributed by atoms with E-state index in [0.29, 0.717) is 12.2 Å². The molecule has 1 aromatic carbocycles. The molecule has 0 bridgehead atoms. The molecule has 0 fully saturated rings. The lowest BCUT2D eigenvalue weighted by atomic mass is 10.3. The molecule has 0 heterocycles. The number of ether oxygens (including phenoxy) is 1. The average Bonchev–Trinajstić information content (AvgIpc) is 2.32. The van der Waals surface area contributed by atoms with Gasteiger partial charge in [-0.05, 0) is 36.6 Å². The molecule has 108 valence electrons. The molecule has 6 nitrogen and oxygen atoms in total. The predicted octanol–water partition coefficient (Wildman–Crippen LogP) is 1.82. The molecule has 19 heavy (non-hydrogen) atoms. The zero-order valence-electron chi connectivity index (χ0n) is 10.6. The molecule has 1 rings (SSSR count). The van der Waals surface area contributed by atoms with E-state index in [1.165, 1.54) is 0 Å². The number of carbonyl (C=O) groups is 1. The van der Waals surface area contributed by atoms with Gasteiger partial charge in [-0.25, -0.2) is 0 Å². The minimum atomic E-state index is -0.500. The van der Waals surface area contributed by atoms with Gasteiger partial charge in [-0.2, -0.15) is 0 Å². The number of rotatable bonds is 2. The number of benzene rings is 1. The molecular weight excluding hydrogens is 288 g/mol. The lowest BCUT2D eigenvalue weighted by Gasteiger charge is -1.92. The van der Waals surface area contributed by atoms with E-state index >= 15 is 0 Å².